The number of benzene rings is 7. The van der Waals surface area contributed by atoms with Crippen LogP contribution in [0.15, 0.2) is 164 Å². The molecule has 8 aromatic rings. The standard InChI is InChI=1S/C47H31N5/c1-3-12-28(13-4-1)44-50-45(29-14-5-2-6-15-29)52-47(51-44)42-34-18-8-7-16-32(34)38-26-30(22-24-37(38)42)31-23-25-41-39(27-31)36-20-11-19-35-33-17-9-10-21-40(33)48-46(49-41)43(35)36/h1-27,42,46,48-49H. The maximum atomic E-state index is 5.16. The van der Waals surface area contributed by atoms with Crippen molar-refractivity contribution in [2.75, 3.05) is 10.6 Å². The van der Waals surface area contributed by atoms with E-state index < -0.39 is 0 Å². The normalized spacial score (nSPS) is 15.6. The molecular formula is C47H31N5. The molecule has 2 atom stereocenters. The van der Waals surface area contributed by atoms with Gasteiger partial charge in [0.25, 0.3) is 0 Å². The van der Waals surface area contributed by atoms with Crippen molar-refractivity contribution in [3.63, 3.8) is 0 Å². The molecule has 0 fully saturated rings. The molecule has 0 amide bonds. The summed E-state index contributed by atoms with van der Waals surface area (Å²) >= 11 is 0. The SMILES string of the molecule is c1ccc(-c2nc(-c3ccccc3)nc(C3c4ccccc4-c4cc(-c5ccc6c(c5)-c5cccc7c5C(Nc5ccccc5-7)N6)ccc43)n2)cc1. The van der Waals surface area contributed by atoms with Gasteiger partial charge in [-0.05, 0) is 68.8 Å². The molecule has 0 saturated carbocycles. The summed E-state index contributed by atoms with van der Waals surface area (Å²) in [5.74, 6) is 1.99. The lowest BCUT2D eigenvalue weighted by molar-refractivity contribution is 0.856. The Labute approximate surface area is 301 Å². The fourth-order valence-electron chi connectivity index (χ4n) is 8.37. The lowest BCUT2D eigenvalue weighted by Gasteiger charge is -2.37. The summed E-state index contributed by atoms with van der Waals surface area (Å²) in [5.41, 5.74) is 17.8. The van der Waals surface area contributed by atoms with E-state index in [-0.39, 0.29) is 12.1 Å². The van der Waals surface area contributed by atoms with Gasteiger partial charge < -0.3 is 10.6 Å². The van der Waals surface area contributed by atoms with Crippen LogP contribution in [-0.2, 0) is 0 Å². The number of fused-ring (bicyclic) bond motifs is 7. The van der Waals surface area contributed by atoms with Crippen LogP contribution in [0.4, 0.5) is 11.4 Å². The number of hydrogen-bond donors (Lipinski definition) is 2. The van der Waals surface area contributed by atoms with Crippen LogP contribution in [0.3, 0.4) is 0 Å². The molecule has 0 bridgehead atoms. The van der Waals surface area contributed by atoms with Crippen LogP contribution in [0.1, 0.15) is 34.6 Å². The zero-order valence-electron chi connectivity index (χ0n) is 28.1. The number of anilines is 2. The molecule has 244 valence electrons. The van der Waals surface area contributed by atoms with Gasteiger partial charge in [0.1, 0.15) is 12.0 Å². The molecule has 0 radical (unpaired) electrons. The van der Waals surface area contributed by atoms with Gasteiger partial charge in [-0.25, -0.2) is 15.0 Å². The lowest BCUT2D eigenvalue weighted by Crippen LogP contribution is -2.27. The van der Waals surface area contributed by atoms with Crippen LogP contribution >= 0.6 is 0 Å². The van der Waals surface area contributed by atoms with Crippen LogP contribution in [0, 0.1) is 0 Å². The first kappa shape index (κ1) is 28.9. The highest BCUT2D eigenvalue weighted by Gasteiger charge is 2.34. The quantitative estimate of drug-likeness (QED) is 0.196. The largest absolute Gasteiger partial charge is 0.361 e. The minimum absolute atomic E-state index is 0.0214. The first-order valence-electron chi connectivity index (χ1n) is 17.8. The molecule has 3 aliphatic rings. The Bertz CT molecular complexity index is 2650. The molecule has 1 aromatic heterocycles. The van der Waals surface area contributed by atoms with Crippen LogP contribution in [-0.4, -0.2) is 15.0 Å². The van der Waals surface area contributed by atoms with Crippen molar-refractivity contribution in [3.05, 3.63) is 186 Å². The molecular weight excluding hydrogens is 635 g/mol. The van der Waals surface area contributed by atoms with E-state index in [4.69, 9.17) is 15.0 Å². The molecule has 0 saturated heterocycles. The smallest absolute Gasteiger partial charge is 0.163 e. The number of para-hydroxylation sites is 1. The van der Waals surface area contributed by atoms with E-state index in [0.717, 1.165) is 28.3 Å². The van der Waals surface area contributed by atoms with Gasteiger partial charge in [-0.3, -0.25) is 0 Å². The van der Waals surface area contributed by atoms with Gasteiger partial charge in [0, 0.05) is 39.2 Å². The average molecular weight is 666 g/mol. The molecule has 5 nitrogen and oxygen atoms in total. The third-order valence-corrected chi connectivity index (χ3v) is 10.8. The summed E-state index contributed by atoms with van der Waals surface area (Å²) in [5, 5.41) is 7.53. The molecule has 11 rings (SSSR count). The fourth-order valence-corrected chi connectivity index (χ4v) is 8.37. The van der Waals surface area contributed by atoms with Gasteiger partial charge in [-0.1, -0.05) is 140 Å². The summed E-state index contributed by atoms with van der Waals surface area (Å²) in [6.45, 7) is 0. The maximum Gasteiger partial charge on any atom is 0.163 e. The molecule has 0 spiro atoms. The van der Waals surface area contributed by atoms with Gasteiger partial charge in [0.05, 0.1) is 5.92 Å². The third-order valence-electron chi connectivity index (χ3n) is 10.8. The molecule has 3 heterocycles. The van der Waals surface area contributed by atoms with E-state index in [2.05, 4.69) is 138 Å². The zero-order chi connectivity index (χ0) is 34.2. The summed E-state index contributed by atoms with van der Waals surface area (Å²) < 4.78 is 0. The van der Waals surface area contributed by atoms with Gasteiger partial charge >= 0.3 is 0 Å². The molecule has 5 heteroatoms. The number of aromatic nitrogens is 3. The average Bonchev–Trinajstić information content (AvgIpc) is 3.55. The summed E-state index contributed by atoms with van der Waals surface area (Å²) in [6, 6.07) is 58.1. The summed E-state index contributed by atoms with van der Waals surface area (Å²) in [7, 11) is 0. The maximum absolute atomic E-state index is 5.16. The Kier molecular flexibility index (Phi) is 6.31. The minimum Gasteiger partial charge on any atom is -0.361 e. The molecule has 2 N–H and O–H groups in total. The molecule has 1 aliphatic carbocycles. The second-order valence-corrected chi connectivity index (χ2v) is 13.7. The van der Waals surface area contributed by atoms with Gasteiger partial charge in [0.2, 0.25) is 0 Å². The third kappa shape index (κ3) is 4.46. The van der Waals surface area contributed by atoms with E-state index in [1.165, 1.54) is 61.2 Å². The number of nitrogens with zero attached hydrogens (tertiary/aromatic N) is 3. The second-order valence-electron chi connectivity index (χ2n) is 13.7. The highest BCUT2D eigenvalue weighted by molar-refractivity contribution is 5.96. The number of nitrogens with one attached hydrogen (secondary N) is 2. The van der Waals surface area contributed by atoms with Crippen molar-refractivity contribution in [1.29, 1.82) is 0 Å². The van der Waals surface area contributed by atoms with Gasteiger partial charge in [-0.2, -0.15) is 0 Å². The van der Waals surface area contributed by atoms with Crippen LogP contribution in [0.2, 0.25) is 0 Å². The Balaban J connectivity index is 1.03. The zero-order valence-corrected chi connectivity index (χ0v) is 28.1. The second kappa shape index (κ2) is 11.3. The van der Waals surface area contributed by atoms with E-state index in [1.807, 2.05) is 36.4 Å². The fraction of sp³-hybridized carbons (Fsp3) is 0.0426. The van der Waals surface area contributed by atoms with Crippen molar-refractivity contribution in [3.8, 4) is 67.3 Å². The monoisotopic (exact) mass is 665 g/mol. The van der Waals surface area contributed by atoms with Crippen molar-refractivity contribution in [2.24, 2.45) is 0 Å². The number of rotatable bonds is 4. The van der Waals surface area contributed by atoms with E-state index >= 15 is 0 Å². The highest BCUT2D eigenvalue weighted by atomic mass is 15.1. The summed E-state index contributed by atoms with van der Waals surface area (Å²) in [4.78, 5) is 15.3. The Morgan fingerprint density at radius 3 is 1.63 bits per heavy atom. The van der Waals surface area contributed by atoms with Crippen molar-refractivity contribution in [2.45, 2.75) is 12.1 Å². The molecule has 2 unspecified atom stereocenters. The Morgan fingerprint density at radius 1 is 0.365 bits per heavy atom. The van der Waals surface area contributed by atoms with Crippen molar-refractivity contribution >= 4 is 11.4 Å². The Morgan fingerprint density at radius 2 is 0.904 bits per heavy atom. The summed E-state index contributed by atoms with van der Waals surface area (Å²) in [6.07, 6.45) is 0.0214. The molecule has 7 aromatic carbocycles. The van der Waals surface area contributed by atoms with E-state index in [9.17, 15) is 0 Å². The van der Waals surface area contributed by atoms with Crippen LogP contribution < -0.4 is 10.6 Å². The molecule has 2 aliphatic heterocycles. The Hall–Kier alpha value is -6.85. The van der Waals surface area contributed by atoms with Gasteiger partial charge in [0.15, 0.2) is 11.6 Å². The van der Waals surface area contributed by atoms with E-state index in [0.29, 0.717) is 11.6 Å². The van der Waals surface area contributed by atoms with Crippen LogP contribution in [0.25, 0.3) is 67.3 Å². The van der Waals surface area contributed by atoms with Crippen molar-refractivity contribution < 1.29 is 0 Å². The first-order valence-corrected chi connectivity index (χ1v) is 17.8. The predicted molar refractivity (Wildman–Crippen MR) is 210 cm³/mol. The predicted octanol–water partition coefficient (Wildman–Crippen LogP) is 11.2. The first-order chi connectivity index (χ1) is 25.8. The van der Waals surface area contributed by atoms with E-state index in [1.54, 1.807) is 0 Å². The highest BCUT2D eigenvalue weighted by Crippen LogP contribution is 2.52. The number of hydrogen-bond acceptors (Lipinski definition) is 5. The molecule has 52 heavy (non-hydrogen) atoms. The topological polar surface area (TPSA) is 62.7 Å². The van der Waals surface area contributed by atoms with Gasteiger partial charge in [-0.15, -0.1) is 0 Å². The van der Waals surface area contributed by atoms with Crippen molar-refractivity contribution in [1.82, 2.24) is 15.0 Å². The van der Waals surface area contributed by atoms with Crippen LogP contribution in [0.5, 0.6) is 0 Å². The minimum atomic E-state index is -0.121. The lowest BCUT2D eigenvalue weighted by atomic mass is 9.83.